The fourth-order valence-corrected chi connectivity index (χ4v) is 2.54. The molecular formula is C13H23N5. The first-order valence-corrected chi connectivity index (χ1v) is 6.74. The van der Waals surface area contributed by atoms with Gasteiger partial charge in [0, 0.05) is 31.4 Å². The van der Waals surface area contributed by atoms with E-state index in [0.717, 1.165) is 24.6 Å². The van der Waals surface area contributed by atoms with Crippen LogP contribution in [0.4, 0.5) is 11.8 Å². The Bertz CT molecular complexity index is 393. The lowest BCUT2D eigenvalue weighted by Gasteiger charge is -2.23. The SMILES string of the molecule is CCN1CCCC1CNc1cc(C)nc(NC)n1. The molecule has 0 saturated carbocycles. The molecule has 5 nitrogen and oxygen atoms in total. The van der Waals surface area contributed by atoms with Gasteiger partial charge in [0.1, 0.15) is 5.82 Å². The third kappa shape index (κ3) is 3.10. The van der Waals surface area contributed by atoms with Gasteiger partial charge in [-0.25, -0.2) is 4.98 Å². The summed E-state index contributed by atoms with van der Waals surface area (Å²) in [5.74, 6) is 1.59. The van der Waals surface area contributed by atoms with Gasteiger partial charge in [-0.05, 0) is 32.9 Å². The van der Waals surface area contributed by atoms with Crippen molar-refractivity contribution >= 4 is 11.8 Å². The van der Waals surface area contributed by atoms with Crippen molar-refractivity contribution < 1.29 is 0 Å². The quantitative estimate of drug-likeness (QED) is 0.832. The molecular weight excluding hydrogens is 226 g/mol. The molecule has 1 aromatic rings. The normalized spacial score (nSPS) is 20.1. The summed E-state index contributed by atoms with van der Waals surface area (Å²) < 4.78 is 0. The second-order valence-corrected chi connectivity index (χ2v) is 4.77. The fraction of sp³-hybridized carbons (Fsp3) is 0.692. The Balaban J connectivity index is 1.95. The van der Waals surface area contributed by atoms with E-state index < -0.39 is 0 Å². The molecule has 0 spiro atoms. The maximum Gasteiger partial charge on any atom is 0.224 e. The van der Waals surface area contributed by atoms with E-state index in [4.69, 9.17) is 0 Å². The summed E-state index contributed by atoms with van der Waals surface area (Å²) >= 11 is 0. The van der Waals surface area contributed by atoms with Crippen LogP contribution in [0, 0.1) is 6.92 Å². The largest absolute Gasteiger partial charge is 0.368 e. The number of hydrogen-bond acceptors (Lipinski definition) is 5. The molecule has 0 aromatic carbocycles. The summed E-state index contributed by atoms with van der Waals surface area (Å²) in [5.41, 5.74) is 0.982. The third-order valence-corrected chi connectivity index (χ3v) is 3.50. The number of nitrogens with one attached hydrogen (secondary N) is 2. The van der Waals surface area contributed by atoms with Crippen LogP contribution >= 0.6 is 0 Å². The lowest BCUT2D eigenvalue weighted by molar-refractivity contribution is 0.277. The van der Waals surface area contributed by atoms with Crippen molar-refractivity contribution in [1.29, 1.82) is 0 Å². The van der Waals surface area contributed by atoms with Crippen LogP contribution in [0.2, 0.25) is 0 Å². The van der Waals surface area contributed by atoms with Crippen molar-refractivity contribution in [2.45, 2.75) is 32.7 Å². The summed E-state index contributed by atoms with van der Waals surface area (Å²) in [7, 11) is 1.84. The van der Waals surface area contributed by atoms with Gasteiger partial charge in [-0.15, -0.1) is 0 Å². The topological polar surface area (TPSA) is 53.1 Å². The van der Waals surface area contributed by atoms with Gasteiger partial charge in [-0.2, -0.15) is 4.98 Å². The third-order valence-electron chi connectivity index (χ3n) is 3.50. The molecule has 1 atom stereocenters. The molecule has 100 valence electrons. The average molecular weight is 249 g/mol. The maximum atomic E-state index is 4.41. The predicted octanol–water partition coefficient (Wildman–Crippen LogP) is 1.72. The van der Waals surface area contributed by atoms with Crippen LogP contribution in [0.5, 0.6) is 0 Å². The molecule has 1 fully saturated rings. The van der Waals surface area contributed by atoms with Crippen molar-refractivity contribution in [3.63, 3.8) is 0 Å². The number of rotatable bonds is 5. The lowest BCUT2D eigenvalue weighted by atomic mass is 10.2. The molecule has 1 aromatic heterocycles. The molecule has 2 N–H and O–H groups in total. The molecule has 5 heteroatoms. The van der Waals surface area contributed by atoms with E-state index in [1.165, 1.54) is 19.4 Å². The van der Waals surface area contributed by atoms with Crippen LogP contribution in [0.3, 0.4) is 0 Å². The van der Waals surface area contributed by atoms with Crippen molar-refractivity contribution in [3.8, 4) is 0 Å². The molecule has 1 aliphatic heterocycles. The highest BCUT2D eigenvalue weighted by molar-refractivity contribution is 5.41. The fourth-order valence-electron chi connectivity index (χ4n) is 2.54. The van der Waals surface area contributed by atoms with Gasteiger partial charge >= 0.3 is 0 Å². The molecule has 0 aliphatic carbocycles. The molecule has 1 saturated heterocycles. The molecule has 2 heterocycles. The van der Waals surface area contributed by atoms with Gasteiger partial charge in [0.25, 0.3) is 0 Å². The van der Waals surface area contributed by atoms with Gasteiger partial charge in [-0.3, -0.25) is 4.90 Å². The molecule has 1 unspecified atom stereocenters. The van der Waals surface area contributed by atoms with Gasteiger partial charge in [0.05, 0.1) is 0 Å². The minimum absolute atomic E-state index is 0.642. The summed E-state index contributed by atoms with van der Waals surface area (Å²) in [6, 6.07) is 2.63. The number of aryl methyl sites for hydroxylation is 1. The zero-order chi connectivity index (χ0) is 13.0. The number of hydrogen-bond donors (Lipinski definition) is 2. The zero-order valence-corrected chi connectivity index (χ0v) is 11.5. The van der Waals surface area contributed by atoms with Gasteiger partial charge in [0.15, 0.2) is 0 Å². The Morgan fingerprint density at radius 3 is 3.00 bits per heavy atom. The summed E-state index contributed by atoms with van der Waals surface area (Å²) in [6.07, 6.45) is 2.59. The highest BCUT2D eigenvalue weighted by Crippen LogP contribution is 2.17. The van der Waals surface area contributed by atoms with Crippen LogP contribution in [0.15, 0.2) is 6.07 Å². The lowest BCUT2D eigenvalue weighted by Crippen LogP contribution is -2.34. The second kappa shape index (κ2) is 6.00. The van der Waals surface area contributed by atoms with Crippen LogP contribution < -0.4 is 10.6 Å². The first kappa shape index (κ1) is 13.1. The molecule has 2 rings (SSSR count). The van der Waals surface area contributed by atoms with Gasteiger partial charge in [0.2, 0.25) is 5.95 Å². The molecule has 18 heavy (non-hydrogen) atoms. The highest BCUT2D eigenvalue weighted by atomic mass is 15.2. The van der Waals surface area contributed by atoms with E-state index in [-0.39, 0.29) is 0 Å². The van der Waals surface area contributed by atoms with Gasteiger partial charge < -0.3 is 10.6 Å². The van der Waals surface area contributed by atoms with Crippen LogP contribution in [-0.2, 0) is 0 Å². The zero-order valence-electron chi connectivity index (χ0n) is 11.5. The number of nitrogens with zero attached hydrogens (tertiary/aromatic N) is 3. The Morgan fingerprint density at radius 2 is 2.28 bits per heavy atom. The Hall–Kier alpha value is -1.36. The summed E-state index contributed by atoms with van der Waals surface area (Å²) in [5, 5.41) is 6.42. The monoisotopic (exact) mass is 249 g/mol. The number of likely N-dealkylation sites (tertiary alicyclic amines) is 1. The second-order valence-electron chi connectivity index (χ2n) is 4.77. The van der Waals surface area contributed by atoms with E-state index >= 15 is 0 Å². The van der Waals surface area contributed by atoms with E-state index in [1.54, 1.807) is 0 Å². The summed E-state index contributed by atoms with van der Waals surface area (Å²) in [6.45, 7) is 7.55. The minimum Gasteiger partial charge on any atom is -0.368 e. The van der Waals surface area contributed by atoms with E-state index in [0.29, 0.717) is 12.0 Å². The Labute approximate surface area is 109 Å². The molecule has 0 bridgehead atoms. The van der Waals surface area contributed by atoms with Crippen molar-refractivity contribution in [2.24, 2.45) is 0 Å². The number of aromatic nitrogens is 2. The molecule has 0 amide bonds. The first-order valence-electron chi connectivity index (χ1n) is 6.74. The highest BCUT2D eigenvalue weighted by Gasteiger charge is 2.22. The average Bonchev–Trinajstić information content (AvgIpc) is 2.83. The maximum absolute atomic E-state index is 4.41. The smallest absolute Gasteiger partial charge is 0.224 e. The van der Waals surface area contributed by atoms with E-state index in [9.17, 15) is 0 Å². The predicted molar refractivity (Wildman–Crippen MR) is 75.1 cm³/mol. The van der Waals surface area contributed by atoms with E-state index in [2.05, 4.69) is 32.4 Å². The van der Waals surface area contributed by atoms with Crippen molar-refractivity contribution in [3.05, 3.63) is 11.8 Å². The minimum atomic E-state index is 0.642. The van der Waals surface area contributed by atoms with Crippen LogP contribution in [-0.4, -0.2) is 47.6 Å². The summed E-state index contributed by atoms with van der Waals surface area (Å²) in [4.78, 5) is 11.2. The van der Waals surface area contributed by atoms with Crippen LogP contribution in [0.25, 0.3) is 0 Å². The van der Waals surface area contributed by atoms with Gasteiger partial charge in [-0.1, -0.05) is 6.92 Å². The number of likely N-dealkylation sites (N-methyl/N-ethyl adjacent to an activating group) is 1. The Kier molecular flexibility index (Phi) is 4.36. The Morgan fingerprint density at radius 1 is 1.44 bits per heavy atom. The number of anilines is 2. The van der Waals surface area contributed by atoms with E-state index in [1.807, 2.05) is 20.0 Å². The molecule has 0 radical (unpaired) electrons. The molecule has 1 aliphatic rings. The van der Waals surface area contributed by atoms with Crippen molar-refractivity contribution in [2.75, 3.05) is 37.3 Å². The van der Waals surface area contributed by atoms with Crippen LogP contribution in [0.1, 0.15) is 25.5 Å². The van der Waals surface area contributed by atoms with Crippen molar-refractivity contribution in [1.82, 2.24) is 14.9 Å². The standard InChI is InChI=1S/C13H23N5/c1-4-18-7-5-6-11(18)9-15-12-8-10(2)16-13(14-3)17-12/h8,11H,4-7,9H2,1-3H3,(H2,14,15,16,17). The first-order chi connectivity index (χ1) is 8.72.